The van der Waals surface area contributed by atoms with Crippen molar-refractivity contribution in [2.24, 2.45) is 0 Å². The van der Waals surface area contributed by atoms with E-state index >= 15 is 0 Å². The van der Waals surface area contributed by atoms with Crippen LogP contribution in [0.5, 0.6) is 0 Å². The number of hydrogen-bond donors (Lipinski definition) is 0. The monoisotopic (exact) mass is 496 g/mol. The van der Waals surface area contributed by atoms with Gasteiger partial charge in [-0.25, -0.2) is 0 Å². The molecule has 0 unspecified atom stereocenters. The second-order valence-electron chi connectivity index (χ2n) is 7.73. The number of benzene rings is 1. The Morgan fingerprint density at radius 1 is 1.21 bits per heavy atom. The van der Waals surface area contributed by atoms with E-state index in [0.29, 0.717) is 39.2 Å². The predicted octanol–water partition coefficient (Wildman–Crippen LogP) is 1.48. The number of carbonyl (C=O) groups excluding carboxylic acids is 1. The van der Waals surface area contributed by atoms with Gasteiger partial charge in [0, 0.05) is 0 Å². The van der Waals surface area contributed by atoms with Crippen molar-refractivity contribution in [3.63, 3.8) is 0 Å². The van der Waals surface area contributed by atoms with Crippen LogP contribution in [0.15, 0.2) is 30.3 Å². The van der Waals surface area contributed by atoms with Gasteiger partial charge in [-0.15, -0.1) is 0 Å². The Labute approximate surface area is 171 Å². The molecule has 1 aromatic rings. The first-order chi connectivity index (χ1) is 13.4. The third-order valence-electron chi connectivity index (χ3n) is 5.88. The fourth-order valence-electron chi connectivity index (χ4n) is 4.31. The maximum absolute atomic E-state index is 12.4. The van der Waals surface area contributed by atoms with Crippen LogP contribution in [0, 0.1) is 0 Å². The van der Waals surface area contributed by atoms with E-state index in [4.69, 9.17) is 9.47 Å². The Morgan fingerprint density at radius 2 is 1.93 bits per heavy atom. The van der Waals surface area contributed by atoms with E-state index < -0.39 is 10.0 Å². The third-order valence-corrected chi connectivity index (χ3v) is 19.4. The summed E-state index contributed by atoms with van der Waals surface area (Å²) >= 11 is 0.0117. The first-order valence-corrected chi connectivity index (χ1v) is 14.9. The van der Waals surface area contributed by atoms with Gasteiger partial charge >= 0.3 is 172 Å². The van der Waals surface area contributed by atoms with Crippen molar-refractivity contribution < 1.29 is 46.5 Å². The van der Waals surface area contributed by atoms with Crippen molar-refractivity contribution in [1.29, 1.82) is 0 Å². The zero-order chi connectivity index (χ0) is 19.4. The molecule has 10 heteroatoms. The van der Waals surface area contributed by atoms with E-state index in [2.05, 4.69) is 0 Å². The standard InChI is InChI=1S/C18H22N2O5S.2Co/c1-26(22,23)20-10-5-9-18(25-12-6-11-20)14-19(15-18)17(21)24-13-16-7-3-2-4-8-16;;/h2-4,7-8H,6,10-15H2,1H3;;. The molecule has 0 aromatic heterocycles. The SMILES string of the molecule is CS(=O)(=O)N1CCCOC2(CN(C(=O)OCc3ccccc3)C2)[C]23[Co]4[Co]2[C]43C1. The quantitative estimate of drug-likeness (QED) is 0.634. The summed E-state index contributed by atoms with van der Waals surface area (Å²) in [5.41, 5.74) is 0.741. The molecule has 6 heterocycles. The van der Waals surface area contributed by atoms with Gasteiger partial charge in [0.15, 0.2) is 0 Å². The minimum absolute atomic E-state index is 0.00586. The Kier molecular flexibility index (Phi) is 3.59. The summed E-state index contributed by atoms with van der Waals surface area (Å²) in [6.07, 6.45) is 1.73. The van der Waals surface area contributed by atoms with E-state index in [-0.39, 0.29) is 48.7 Å². The molecule has 1 amide bonds. The van der Waals surface area contributed by atoms with Crippen LogP contribution in [0.25, 0.3) is 0 Å². The molecule has 6 aliphatic heterocycles. The number of amides is 1. The van der Waals surface area contributed by atoms with Crippen LogP contribution < -0.4 is 0 Å². The first kappa shape index (κ1) is 18.2. The zero-order valence-electron chi connectivity index (χ0n) is 15.3. The van der Waals surface area contributed by atoms with E-state index in [1.165, 1.54) is 6.26 Å². The summed E-state index contributed by atoms with van der Waals surface area (Å²) in [6.45, 7) is 3.26. The number of nitrogens with zero attached hydrogens (tertiary/aromatic N) is 2. The third kappa shape index (κ3) is 2.17. The topological polar surface area (TPSA) is 76.2 Å². The Bertz CT molecular complexity index is 955. The summed E-state index contributed by atoms with van der Waals surface area (Å²) in [4.78, 5) is 14.2. The molecule has 0 radical (unpaired) electrons. The normalized spacial score (nSPS) is 37.0. The second-order valence-corrected chi connectivity index (χ2v) is 17.9. The Hall–Kier alpha value is -0.627. The van der Waals surface area contributed by atoms with Crippen LogP contribution in [-0.4, -0.2) is 68.4 Å². The molecule has 6 aliphatic rings. The number of carbonyl (C=O) groups is 1. The predicted molar refractivity (Wildman–Crippen MR) is 93.3 cm³/mol. The minimum atomic E-state index is -3.16. The van der Waals surface area contributed by atoms with Gasteiger partial charge in [-0.05, 0) is 0 Å². The van der Waals surface area contributed by atoms with E-state index in [9.17, 15) is 13.2 Å². The number of rotatable bonds is 3. The fraction of sp³-hybridized carbons (Fsp3) is 0.611. The molecular formula is C18H22Co2N2O5S. The Balaban J connectivity index is 1.12. The summed E-state index contributed by atoms with van der Waals surface area (Å²) in [5, 5.41) is 0. The van der Waals surface area contributed by atoms with Crippen molar-refractivity contribution in [3.8, 4) is 0 Å². The van der Waals surface area contributed by atoms with Gasteiger partial charge < -0.3 is 0 Å². The van der Waals surface area contributed by atoms with Gasteiger partial charge in [0.1, 0.15) is 0 Å². The molecule has 1 aromatic carbocycles. The van der Waals surface area contributed by atoms with Crippen LogP contribution in [0.2, 0.25) is 6.57 Å². The van der Waals surface area contributed by atoms with Gasteiger partial charge in [0.25, 0.3) is 0 Å². The van der Waals surface area contributed by atoms with Crippen molar-refractivity contribution in [1.82, 2.24) is 9.21 Å². The van der Waals surface area contributed by atoms with E-state index in [0.717, 1.165) is 5.56 Å². The van der Waals surface area contributed by atoms with Crippen molar-refractivity contribution in [2.75, 3.05) is 39.0 Å². The van der Waals surface area contributed by atoms with Gasteiger partial charge in [-0.3, -0.25) is 0 Å². The number of ether oxygens (including phenoxy) is 2. The molecule has 0 N–H and O–H groups in total. The van der Waals surface area contributed by atoms with Gasteiger partial charge in [0.05, 0.1) is 0 Å². The molecule has 6 saturated heterocycles. The molecule has 6 fully saturated rings. The average molecular weight is 496 g/mol. The van der Waals surface area contributed by atoms with Crippen LogP contribution in [0.3, 0.4) is 0 Å². The number of hydrogen-bond acceptors (Lipinski definition) is 5. The summed E-state index contributed by atoms with van der Waals surface area (Å²) in [6, 6.07) is 9.68. The fourth-order valence-corrected chi connectivity index (χ4v) is 20.5. The van der Waals surface area contributed by atoms with Crippen LogP contribution in [0.1, 0.15) is 12.0 Å². The first-order valence-electron chi connectivity index (χ1n) is 9.21. The van der Waals surface area contributed by atoms with Crippen LogP contribution >= 0.6 is 0 Å². The summed E-state index contributed by atoms with van der Waals surface area (Å²) < 4.78 is 38.2. The summed E-state index contributed by atoms with van der Waals surface area (Å²) in [5.74, 6) is 0. The molecule has 3 spiro atoms. The van der Waals surface area contributed by atoms with Gasteiger partial charge in [0.2, 0.25) is 0 Å². The molecule has 158 valence electrons. The molecular weight excluding hydrogens is 474 g/mol. The van der Waals surface area contributed by atoms with Crippen molar-refractivity contribution in [2.45, 2.75) is 25.2 Å². The molecule has 28 heavy (non-hydrogen) atoms. The zero-order valence-corrected chi connectivity index (χ0v) is 18.2. The van der Waals surface area contributed by atoms with Crippen molar-refractivity contribution >= 4 is 16.1 Å². The summed E-state index contributed by atoms with van der Waals surface area (Å²) in [7, 11) is -3.16. The van der Waals surface area contributed by atoms with E-state index in [1.807, 2.05) is 30.3 Å². The van der Waals surface area contributed by atoms with Crippen molar-refractivity contribution in [3.05, 3.63) is 35.9 Å². The molecule has 7 nitrogen and oxygen atoms in total. The molecule has 0 atom stereocenters. The van der Waals surface area contributed by atoms with Crippen LogP contribution in [-0.2, 0) is 49.9 Å². The molecule has 0 bridgehead atoms. The van der Waals surface area contributed by atoms with Gasteiger partial charge in [-0.1, -0.05) is 0 Å². The molecule has 7 rings (SSSR count). The molecule has 0 saturated carbocycles. The average Bonchev–Trinajstić information content (AvgIpc) is 3.52. The molecule has 0 aliphatic carbocycles. The maximum atomic E-state index is 12.4. The number of likely N-dealkylation sites (tertiary alicyclic amines) is 1. The van der Waals surface area contributed by atoms with E-state index in [1.54, 1.807) is 9.21 Å². The van der Waals surface area contributed by atoms with Gasteiger partial charge in [-0.2, -0.15) is 0 Å². The second kappa shape index (κ2) is 5.54. The van der Waals surface area contributed by atoms with Crippen LogP contribution in [0.4, 0.5) is 4.79 Å². The number of sulfonamides is 1. The Morgan fingerprint density at radius 3 is 2.61 bits per heavy atom.